The van der Waals surface area contributed by atoms with Crippen molar-refractivity contribution in [2.24, 2.45) is 0 Å². The van der Waals surface area contributed by atoms with Gasteiger partial charge in [0.2, 0.25) is 0 Å². The molecule has 0 aliphatic carbocycles. The van der Waals surface area contributed by atoms with Crippen LogP contribution < -0.4 is 5.69 Å². The number of hydrogen-bond donors (Lipinski definition) is 1. The van der Waals surface area contributed by atoms with Crippen LogP contribution in [0.2, 0.25) is 0 Å². The number of carbonyl (C=O) groups excluding carboxylic acids is 1. The number of halogens is 1. The number of aromatic nitrogens is 2. The maximum Gasteiger partial charge on any atom is 0.326 e. The number of methoxy groups -OCH3 is 1. The SMILES string of the molecule is COC(=O)CCCCCn1c(=O)[nH]c2cc(F)ccc21. The molecule has 0 saturated carbocycles. The Bertz CT molecular complexity index is 660. The number of carbonyl (C=O) groups is 1. The summed E-state index contributed by atoms with van der Waals surface area (Å²) in [5.74, 6) is -0.589. The van der Waals surface area contributed by atoms with Crippen molar-refractivity contribution < 1.29 is 13.9 Å². The van der Waals surface area contributed by atoms with E-state index in [9.17, 15) is 14.0 Å². The quantitative estimate of drug-likeness (QED) is 0.651. The molecular formula is C14H17FN2O3. The number of H-pyrrole nitrogens is 1. The predicted molar refractivity (Wildman–Crippen MR) is 73.0 cm³/mol. The molecule has 6 heteroatoms. The van der Waals surface area contributed by atoms with E-state index in [1.807, 2.05) is 0 Å². The van der Waals surface area contributed by atoms with Gasteiger partial charge >= 0.3 is 11.7 Å². The van der Waals surface area contributed by atoms with E-state index in [1.165, 1.54) is 19.2 Å². The molecule has 0 fully saturated rings. The van der Waals surface area contributed by atoms with E-state index in [4.69, 9.17) is 0 Å². The molecule has 0 bridgehead atoms. The maximum absolute atomic E-state index is 13.1. The van der Waals surface area contributed by atoms with Crippen molar-refractivity contribution in [2.45, 2.75) is 32.2 Å². The van der Waals surface area contributed by atoms with E-state index in [2.05, 4.69) is 9.72 Å². The number of esters is 1. The summed E-state index contributed by atoms with van der Waals surface area (Å²) in [6, 6.07) is 4.24. The standard InChI is InChI=1S/C14H17FN2O3/c1-20-13(18)5-3-2-4-8-17-12-7-6-10(15)9-11(12)16-14(17)19/h6-7,9H,2-5,8H2,1H3,(H,16,19). The molecule has 0 aliphatic rings. The molecule has 5 nitrogen and oxygen atoms in total. The number of fused-ring (bicyclic) bond motifs is 1. The van der Waals surface area contributed by atoms with Crippen molar-refractivity contribution in [1.29, 1.82) is 0 Å². The molecule has 2 rings (SSSR count). The van der Waals surface area contributed by atoms with Crippen molar-refractivity contribution in [2.75, 3.05) is 7.11 Å². The smallest absolute Gasteiger partial charge is 0.326 e. The van der Waals surface area contributed by atoms with Crippen LogP contribution in [0.3, 0.4) is 0 Å². The van der Waals surface area contributed by atoms with Crippen molar-refractivity contribution in [3.63, 3.8) is 0 Å². The highest BCUT2D eigenvalue weighted by molar-refractivity contribution is 5.75. The van der Waals surface area contributed by atoms with Gasteiger partial charge in [-0.2, -0.15) is 0 Å². The van der Waals surface area contributed by atoms with E-state index in [0.717, 1.165) is 19.3 Å². The number of nitrogens with zero attached hydrogens (tertiary/aromatic N) is 1. The number of nitrogens with one attached hydrogen (secondary N) is 1. The second-order valence-electron chi connectivity index (χ2n) is 4.63. The number of rotatable bonds is 6. The summed E-state index contributed by atoms with van der Waals surface area (Å²) in [5.41, 5.74) is 0.965. The maximum atomic E-state index is 13.1. The summed E-state index contributed by atoms with van der Waals surface area (Å²) in [7, 11) is 1.37. The highest BCUT2D eigenvalue weighted by atomic mass is 19.1. The first-order chi connectivity index (χ1) is 9.61. The topological polar surface area (TPSA) is 64.1 Å². The lowest BCUT2D eigenvalue weighted by molar-refractivity contribution is -0.140. The van der Waals surface area contributed by atoms with Gasteiger partial charge in [-0.25, -0.2) is 9.18 Å². The minimum Gasteiger partial charge on any atom is -0.469 e. The number of aryl methyl sites for hydroxylation is 1. The number of aromatic amines is 1. The van der Waals surface area contributed by atoms with Gasteiger partial charge in [-0.3, -0.25) is 9.36 Å². The van der Waals surface area contributed by atoms with E-state index < -0.39 is 0 Å². The molecule has 0 amide bonds. The third-order valence-electron chi connectivity index (χ3n) is 3.23. The number of unbranched alkanes of at least 4 members (excludes halogenated alkanes) is 2. The second kappa shape index (κ2) is 6.36. The van der Waals surface area contributed by atoms with Crippen LogP contribution in [-0.2, 0) is 16.1 Å². The zero-order chi connectivity index (χ0) is 14.5. The number of benzene rings is 1. The Hall–Kier alpha value is -2.11. The third kappa shape index (κ3) is 3.26. The summed E-state index contributed by atoms with van der Waals surface area (Å²) >= 11 is 0. The number of imidazole rings is 1. The van der Waals surface area contributed by atoms with Gasteiger partial charge in [0.05, 0.1) is 18.1 Å². The molecule has 0 aliphatic heterocycles. The molecule has 0 radical (unpaired) electrons. The predicted octanol–water partition coefficient (Wildman–Crippen LogP) is 2.20. The van der Waals surface area contributed by atoms with E-state index in [1.54, 1.807) is 10.6 Å². The van der Waals surface area contributed by atoms with Crippen molar-refractivity contribution >= 4 is 17.0 Å². The van der Waals surface area contributed by atoms with Gasteiger partial charge in [-0.15, -0.1) is 0 Å². The first kappa shape index (κ1) is 14.3. The van der Waals surface area contributed by atoms with Crippen LogP contribution in [0.1, 0.15) is 25.7 Å². The first-order valence-electron chi connectivity index (χ1n) is 6.56. The van der Waals surface area contributed by atoms with Gasteiger partial charge < -0.3 is 9.72 Å². The second-order valence-corrected chi connectivity index (χ2v) is 4.63. The number of hydrogen-bond acceptors (Lipinski definition) is 3. The Labute approximate surface area is 115 Å². The Balaban J connectivity index is 1.95. The van der Waals surface area contributed by atoms with Gasteiger partial charge in [0.25, 0.3) is 0 Å². The highest BCUT2D eigenvalue weighted by Gasteiger charge is 2.07. The first-order valence-corrected chi connectivity index (χ1v) is 6.56. The average molecular weight is 280 g/mol. The lowest BCUT2D eigenvalue weighted by Crippen LogP contribution is -2.16. The van der Waals surface area contributed by atoms with Crippen molar-refractivity contribution in [1.82, 2.24) is 9.55 Å². The molecular weight excluding hydrogens is 263 g/mol. The van der Waals surface area contributed by atoms with Crippen LogP contribution >= 0.6 is 0 Å². The molecule has 1 N–H and O–H groups in total. The summed E-state index contributed by atoms with van der Waals surface area (Å²) in [6.45, 7) is 0.547. The van der Waals surface area contributed by atoms with Crippen LogP contribution in [0.25, 0.3) is 11.0 Å². The monoisotopic (exact) mass is 280 g/mol. The molecule has 0 saturated heterocycles. The van der Waals surface area contributed by atoms with Gasteiger partial charge in [0.1, 0.15) is 5.82 Å². The molecule has 2 aromatic rings. The fourth-order valence-corrected chi connectivity index (χ4v) is 2.18. The summed E-state index contributed by atoms with van der Waals surface area (Å²) in [6.07, 6.45) is 2.74. The molecule has 20 heavy (non-hydrogen) atoms. The summed E-state index contributed by atoms with van der Waals surface area (Å²) < 4.78 is 19.2. The fourth-order valence-electron chi connectivity index (χ4n) is 2.18. The van der Waals surface area contributed by atoms with E-state index >= 15 is 0 Å². The minimum atomic E-state index is -0.371. The molecule has 1 aromatic carbocycles. The molecule has 0 unspecified atom stereocenters. The molecule has 1 heterocycles. The Kier molecular flexibility index (Phi) is 4.55. The average Bonchev–Trinajstić information content (AvgIpc) is 2.73. The third-order valence-corrected chi connectivity index (χ3v) is 3.23. The van der Waals surface area contributed by atoms with Crippen LogP contribution in [0.15, 0.2) is 23.0 Å². The van der Waals surface area contributed by atoms with E-state index in [0.29, 0.717) is 24.0 Å². The minimum absolute atomic E-state index is 0.218. The van der Waals surface area contributed by atoms with Crippen molar-refractivity contribution in [3.8, 4) is 0 Å². The highest BCUT2D eigenvalue weighted by Crippen LogP contribution is 2.13. The Morgan fingerprint density at radius 2 is 2.15 bits per heavy atom. The van der Waals surface area contributed by atoms with Gasteiger partial charge in [0.15, 0.2) is 0 Å². The Morgan fingerprint density at radius 1 is 1.35 bits per heavy atom. The van der Waals surface area contributed by atoms with Gasteiger partial charge in [0, 0.05) is 13.0 Å². The Morgan fingerprint density at radius 3 is 2.90 bits per heavy atom. The zero-order valence-corrected chi connectivity index (χ0v) is 11.3. The van der Waals surface area contributed by atoms with E-state index in [-0.39, 0.29) is 17.5 Å². The molecule has 0 spiro atoms. The summed E-state index contributed by atoms with van der Waals surface area (Å²) in [5, 5.41) is 0. The normalized spacial score (nSPS) is 10.9. The fraction of sp³-hybridized carbons (Fsp3) is 0.429. The van der Waals surface area contributed by atoms with Crippen LogP contribution in [-0.4, -0.2) is 22.6 Å². The van der Waals surface area contributed by atoms with Gasteiger partial charge in [-0.1, -0.05) is 6.42 Å². The van der Waals surface area contributed by atoms with Gasteiger partial charge in [-0.05, 0) is 31.0 Å². The largest absolute Gasteiger partial charge is 0.469 e. The molecule has 0 atom stereocenters. The molecule has 1 aromatic heterocycles. The van der Waals surface area contributed by atoms with Crippen LogP contribution in [0.4, 0.5) is 4.39 Å². The zero-order valence-electron chi connectivity index (χ0n) is 11.3. The van der Waals surface area contributed by atoms with Crippen LogP contribution in [0.5, 0.6) is 0 Å². The molecule has 108 valence electrons. The lowest BCUT2D eigenvalue weighted by atomic mass is 10.2. The number of ether oxygens (including phenoxy) is 1. The lowest BCUT2D eigenvalue weighted by Gasteiger charge is -2.03. The van der Waals surface area contributed by atoms with Crippen molar-refractivity contribution in [3.05, 3.63) is 34.5 Å². The van der Waals surface area contributed by atoms with Crippen LogP contribution in [0, 0.1) is 5.82 Å². The summed E-state index contributed by atoms with van der Waals surface area (Å²) in [4.78, 5) is 25.4.